The van der Waals surface area contributed by atoms with Gasteiger partial charge in [-0.1, -0.05) is 54.9 Å². The maximum atomic E-state index is 4.67. The topological polar surface area (TPSA) is 28.7 Å². The number of aromatic amines is 1. The van der Waals surface area contributed by atoms with Gasteiger partial charge in [0, 0.05) is 10.0 Å². The average molecular weight is 329 g/mol. The van der Waals surface area contributed by atoms with Crippen molar-refractivity contribution >= 4 is 27.0 Å². The second-order valence-corrected chi connectivity index (χ2v) is 6.99. The molecule has 0 saturated carbocycles. The number of hydrogen-bond donors (Lipinski definition) is 1. The Morgan fingerprint density at radius 3 is 2.60 bits per heavy atom. The summed E-state index contributed by atoms with van der Waals surface area (Å²) < 4.78 is 1.06. The smallest absolute Gasteiger partial charge is 0.138 e. The minimum Gasteiger partial charge on any atom is -0.338 e. The molecule has 0 aliphatic rings. The Morgan fingerprint density at radius 2 is 1.85 bits per heavy atom. The van der Waals surface area contributed by atoms with E-state index in [1.807, 2.05) is 12.1 Å². The molecule has 1 heterocycles. The summed E-state index contributed by atoms with van der Waals surface area (Å²) in [5, 5.41) is 0. The number of halogens is 1. The SMILES string of the molecule is CC(C)(C)c1cccc(-c2nc3ccc(Br)cc3[nH]2)c1. The first-order chi connectivity index (χ1) is 9.43. The van der Waals surface area contributed by atoms with E-state index in [1.165, 1.54) is 5.56 Å². The maximum absolute atomic E-state index is 4.67. The lowest BCUT2D eigenvalue weighted by atomic mass is 9.86. The van der Waals surface area contributed by atoms with Gasteiger partial charge < -0.3 is 4.98 Å². The molecular weight excluding hydrogens is 312 g/mol. The van der Waals surface area contributed by atoms with Crippen LogP contribution in [0.5, 0.6) is 0 Å². The molecule has 0 aliphatic carbocycles. The second kappa shape index (κ2) is 4.74. The monoisotopic (exact) mass is 328 g/mol. The zero-order valence-electron chi connectivity index (χ0n) is 11.9. The van der Waals surface area contributed by atoms with Crippen LogP contribution < -0.4 is 0 Å². The normalized spacial score (nSPS) is 12.0. The Labute approximate surface area is 127 Å². The zero-order valence-corrected chi connectivity index (χ0v) is 13.5. The third-order valence-corrected chi connectivity index (χ3v) is 3.94. The van der Waals surface area contributed by atoms with Gasteiger partial charge in [-0.05, 0) is 35.2 Å². The van der Waals surface area contributed by atoms with Gasteiger partial charge in [-0.3, -0.25) is 0 Å². The van der Waals surface area contributed by atoms with Gasteiger partial charge in [0.1, 0.15) is 5.82 Å². The van der Waals surface area contributed by atoms with Crippen LogP contribution in [0.1, 0.15) is 26.3 Å². The summed E-state index contributed by atoms with van der Waals surface area (Å²) in [6.45, 7) is 6.67. The molecule has 0 fully saturated rings. The molecule has 102 valence electrons. The van der Waals surface area contributed by atoms with Gasteiger partial charge in [-0.15, -0.1) is 0 Å². The number of aromatic nitrogens is 2. The Balaban J connectivity index is 2.11. The van der Waals surface area contributed by atoms with Crippen LogP contribution in [-0.2, 0) is 5.41 Å². The second-order valence-electron chi connectivity index (χ2n) is 6.08. The molecule has 2 nitrogen and oxygen atoms in total. The van der Waals surface area contributed by atoms with Crippen LogP contribution in [0.25, 0.3) is 22.4 Å². The standard InChI is InChI=1S/C17H17BrN2/c1-17(2,3)12-6-4-5-11(9-12)16-19-14-8-7-13(18)10-15(14)20-16/h4-10H,1-3H3,(H,19,20). The fraction of sp³-hybridized carbons (Fsp3) is 0.235. The summed E-state index contributed by atoms with van der Waals surface area (Å²) in [5.74, 6) is 0.921. The summed E-state index contributed by atoms with van der Waals surface area (Å²) >= 11 is 3.49. The number of benzene rings is 2. The van der Waals surface area contributed by atoms with Crippen LogP contribution in [0.2, 0.25) is 0 Å². The summed E-state index contributed by atoms with van der Waals surface area (Å²) in [5.41, 5.74) is 4.63. The molecule has 2 aromatic carbocycles. The molecule has 3 rings (SSSR count). The predicted octanol–water partition coefficient (Wildman–Crippen LogP) is 5.29. The number of nitrogens with one attached hydrogen (secondary N) is 1. The molecule has 0 amide bonds. The van der Waals surface area contributed by atoms with E-state index >= 15 is 0 Å². The van der Waals surface area contributed by atoms with Crippen molar-refractivity contribution in [3.05, 3.63) is 52.5 Å². The Kier molecular flexibility index (Phi) is 3.17. The van der Waals surface area contributed by atoms with Gasteiger partial charge in [0.25, 0.3) is 0 Å². The zero-order chi connectivity index (χ0) is 14.3. The highest BCUT2D eigenvalue weighted by molar-refractivity contribution is 9.10. The molecular formula is C17H17BrN2. The van der Waals surface area contributed by atoms with Crippen molar-refractivity contribution < 1.29 is 0 Å². The van der Waals surface area contributed by atoms with Gasteiger partial charge in [0.2, 0.25) is 0 Å². The highest BCUT2D eigenvalue weighted by Crippen LogP contribution is 2.28. The van der Waals surface area contributed by atoms with Crippen molar-refractivity contribution in [1.29, 1.82) is 0 Å². The first-order valence-electron chi connectivity index (χ1n) is 6.70. The molecule has 3 aromatic rings. The molecule has 0 unspecified atom stereocenters. The first kappa shape index (κ1) is 13.4. The average Bonchev–Trinajstić information content (AvgIpc) is 2.81. The van der Waals surface area contributed by atoms with Gasteiger partial charge in [0.05, 0.1) is 11.0 Å². The van der Waals surface area contributed by atoms with Crippen LogP contribution >= 0.6 is 15.9 Å². The first-order valence-corrected chi connectivity index (χ1v) is 7.49. The maximum Gasteiger partial charge on any atom is 0.138 e. The van der Waals surface area contributed by atoms with E-state index in [1.54, 1.807) is 0 Å². The third-order valence-electron chi connectivity index (χ3n) is 3.45. The lowest BCUT2D eigenvalue weighted by Crippen LogP contribution is -2.10. The minimum atomic E-state index is 0.144. The van der Waals surface area contributed by atoms with Gasteiger partial charge in [0.15, 0.2) is 0 Å². The largest absolute Gasteiger partial charge is 0.338 e. The molecule has 0 radical (unpaired) electrons. The number of H-pyrrole nitrogens is 1. The summed E-state index contributed by atoms with van der Waals surface area (Å²) in [6.07, 6.45) is 0. The van der Waals surface area contributed by atoms with Crippen molar-refractivity contribution in [1.82, 2.24) is 9.97 Å². The molecule has 3 heteroatoms. The van der Waals surface area contributed by atoms with Crippen LogP contribution in [0.4, 0.5) is 0 Å². The Morgan fingerprint density at radius 1 is 1.05 bits per heavy atom. The Bertz CT molecular complexity index is 766. The number of rotatable bonds is 1. The molecule has 0 spiro atoms. The van der Waals surface area contributed by atoms with Crippen molar-refractivity contribution in [3.8, 4) is 11.4 Å². The van der Waals surface area contributed by atoms with Crippen LogP contribution in [-0.4, -0.2) is 9.97 Å². The van der Waals surface area contributed by atoms with Crippen molar-refractivity contribution in [3.63, 3.8) is 0 Å². The molecule has 20 heavy (non-hydrogen) atoms. The fourth-order valence-electron chi connectivity index (χ4n) is 2.25. The highest BCUT2D eigenvalue weighted by Gasteiger charge is 2.15. The lowest BCUT2D eigenvalue weighted by molar-refractivity contribution is 0.590. The van der Waals surface area contributed by atoms with Crippen molar-refractivity contribution in [2.24, 2.45) is 0 Å². The van der Waals surface area contributed by atoms with E-state index in [4.69, 9.17) is 0 Å². The van der Waals surface area contributed by atoms with Crippen molar-refractivity contribution in [2.45, 2.75) is 26.2 Å². The van der Waals surface area contributed by atoms with Gasteiger partial charge >= 0.3 is 0 Å². The highest BCUT2D eigenvalue weighted by atomic mass is 79.9. The van der Waals surface area contributed by atoms with Gasteiger partial charge in [-0.25, -0.2) is 4.98 Å². The minimum absolute atomic E-state index is 0.144. The van der Waals surface area contributed by atoms with E-state index in [0.717, 1.165) is 26.9 Å². The van der Waals surface area contributed by atoms with E-state index in [-0.39, 0.29) is 5.41 Å². The summed E-state index contributed by atoms with van der Waals surface area (Å²) in [4.78, 5) is 8.06. The molecule has 1 N–H and O–H groups in total. The van der Waals surface area contributed by atoms with Crippen molar-refractivity contribution in [2.75, 3.05) is 0 Å². The number of hydrogen-bond acceptors (Lipinski definition) is 1. The van der Waals surface area contributed by atoms with E-state index in [2.05, 4.69) is 77.0 Å². The number of fused-ring (bicyclic) bond motifs is 1. The fourth-order valence-corrected chi connectivity index (χ4v) is 2.61. The van der Waals surface area contributed by atoms with E-state index in [0.29, 0.717) is 0 Å². The number of imidazole rings is 1. The molecule has 0 aliphatic heterocycles. The van der Waals surface area contributed by atoms with Crippen LogP contribution in [0, 0.1) is 0 Å². The predicted molar refractivity (Wildman–Crippen MR) is 87.9 cm³/mol. The quantitative estimate of drug-likeness (QED) is 0.646. The summed E-state index contributed by atoms with van der Waals surface area (Å²) in [7, 11) is 0. The van der Waals surface area contributed by atoms with Crippen LogP contribution in [0.15, 0.2) is 46.9 Å². The van der Waals surface area contributed by atoms with Crippen LogP contribution in [0.3, 0.4) is 0 Å². The number of nitrogens with zero attached hydrogens (tertiary/aromatic N) is 1. The van der Waals surface area contributed by atoms with Gasteiger partial charge in [-0.2, -0.15) is 0 Å². The van der Waals surface area contributed by atoms with E-state index < -0.39 is 0 Å². The Hall–Kier alpha value is -1.61. The summed E-state index contributed by atoms with van der Waals surface area (Å²) in [6, 6.07) is 14.7. The lowest BCUT2D eigenvalue weighted by Gasteiger charge is -2.19. The molecule has 0 saturated heterocycles. The molecule has 0 atom stereocenters. The third kappa shape index (κ3) is 2.50. The van der Waals surface area contributed by atoms with E-state index in [9.17, 15) is 0 Å². The molecule has 1 aromatic heterocycles. The molecule has 0 bridgehead atoms.